The van der Waals surface area contributed by atoms with Gasteiger partial charge in [-0.1, -0.05) is 31.2 Å². The van der Waals surface area contributed by atoms with Crippen LogP contribution in [0.4, 0.5) is 8.78 Å². The van der Waals surface area contributed by atoms with Gasteiger partial charge in [-0.2, -0.15) is 0 Å². The summed E-state index contributed by atoms with van der Waals surface area (Å²) in [5.74, 6) is -2.96. The number of carbonyl (C=O) groups is 2. The third-order valence-corrected chi connectivity index (χ3v) is 6.11. The van der Waals surface area contributed by atoms with Gasteiger partial charge >= 0.3 is 0 Å². The summed E-state index contributed by atoms with van der Waals surface area (Å²) in [6, 6.07) is 3.39. The molecule has 2 aliphatic rings. The van der Waals surface area contributed by atoms with Gasteiger partial charge in [-0.25, -0.2) is 8.78 Å². The Morgan fingerprint density at radius 2 is 2.03 bits per heavy atom. The molecule has 1 aromatic heterocycles. The van der Waals surface area contributed by atoms with Gasteiger partial charge in [0.2, 0.25) is 5.43 Å². The number of amides is 2. The SMILES string of the molecule is Cc1ccc(CNC(=O)c2cn3c(c(O)c2=O)C(=O)N2C[C@@H]3[C@H](C)C=C[C@@H]2CF)c(F)c1. The lowest BCUT2D eigenvalue weighted by atomic mass is 9.98. The summed E-state index contributed by atoms with van der Waals surface area (Å²) in [6.45, 7) is 2.84. The fourth-order valence-corrected chi connectivity index (χ4v) is 4.21. The second-order valence-electron chi connectivity index (χ2n) is 8.24. The second kappa shape index (κ2) is 8.22. The summed E-state index contributed by atoms with van der Waals surface area (Å²) >= 11 is 0. The van der Waals surface area contributed by atoms with E-state index >= 15 is 0 Å². The van der Waals surface area contributed by atoms with Gasteiger partial charge in [0.1, 0.15) is 18.1 Å². The number of fused-ring (bicyclic) bond motifs is 4. The van der Waals surface area contributed by atoms with Gasteiger partial charge in [0, 0.05) is 24.8 Å². The molecule has 9 heteroatoms. The highest BCUT2D eigenvalue weighted by Gasteiger charge is 2.40. The minimum absolute atomic E-state index is 0.152. The van der Waals surface area contributed by atoms with E-state index in [-0.39, 0.29) is 35.8 Å². The molecule has 0 fully saturated rings. The Morgan fingerprint density at radius 1 is 1.28 bits per heavy atom. The third kappa shape index (κ3) is 3.57. The van der Waals surface area contributed by atoms with Crippen LogP contribution in [-0.2, 0) is 6.54 Å². The fourth-order valence-electron chi connectivity index (χ4n) is 4.21. The number of allylic oxidation sites excluding steroid dienone is 1. The van der Waals surface area contributed by atoms with Gasteiger partial charge in [0.15, 0.2) is 11.4 Å². The van der Waals surface area contributed by atoms with Gasteiger partial charge in [0.05, 0.1) is 12.1 Å². The van der Waals surface area contributed by atoms with Gasteiger partial charge in [-0.05, 0) is 24.5 Å². The quantitative estimate of drug-likeness (QED) is 0.711. The number of nitrogens with zero attached hydrogens (tertiary/aromatic N) is 2. The number of aromatic hydroxyl groups is 1. The average Bonchev–Trinajstić information content (AvgIpc) is 2.90. The number of alkyl halides is 1. The van der Waals surface area contributed by atoms with Crippen LogP contribution < -0.4 is 10.7 Å². The highest BCUT2D eigenvalue weighted by Crippen LogP contribution is 2.34. The molecule has 7 nitrogen and oxygen atoms in total. The van der Waals surface area contributed by atoms with Crippen molar-refractivity contribution in [2.24, 2.45) is 5.92 Å². The number of nitrogens with one attached hydrogen (secondary N) is 1. The largest absolute Gasteiger partial charge is 0.503 e. The summed E-state index contributed by atoms with van der Waals surface area (Å²) < 4.78 is 29.0. The van der Waals surface area contributed by atoms with E-state index in [4.69, 9.17) is 0 Å². The number of carbonyl (C=O) groups excluding carboxylic acids is 2. The van der Waals surface area contributed by atoms with Crippen LogP contribution in [0, 0.1) is 18.7 Å². The lowest BCUT2D eigenvalue weighted by molar-refractivity contribution is 0.0574. The van der Waals surface area contributed by atoms with Crippen LogP contribution in [0.5, 0.6) is 5.75 Å². The summed E-state index contributed by atoms with van der Waals surface area (Å²) in [4.78, 5) is 39.7. The van der Waals surface area contributed by atoms with Gasteiger partial charge in [0.25, 0.3) is 11.8 Å². The number of pyridine rings is 1. The summed E-state index contributed by atoms with van der Waals surface area (Å²) in [5.41, 5.74) is -0.653. The summed E-state index contributed by atoms with van der Waals surface area (Å²) in [6.07, 6.45) is 4.64. The molecule has 1 aromatic carbocycles. The number of aromatic nitrogens is 1. The number of benzene rings is 1. The first-order valence-corrected chi connectivity index (χ1v) is 10.3. The van der Waals surface area contributed by atoms with Gasteiger partial charge in [-0.3, -0.25) is 14.4 Å². The number of rotatable bonds is 4. The predicted molar refractivity (Wildman–Crippen MR) is 113 cm³/mol. The van der Waals surface area contributed by atoms with Crippen LogP contribution in [0.3, 0.4) is 0 Å². The first-order chi connectivity index (χ1) is 15.2. The van der Waals surface area contributed by atoms with E-state index in [0.29, 0.717) is 0 Å². The fraction of sp³-hybridized carbons (Fsp3) is 0.348. The molecule has 0 unspecified atom stereocenters. The molecule has 2 amide bonds. The Morgan fingerprint density at radius 3 is 2.72 bits per heavy atom. The van der Waals surface area contributed by atoms with Crippen molar-refractivity contribution in [3.8, 4) is 5.75 Å². The van der Waals surface area contributed by atoms with E-state index < -0.39 is 47.6 Å². The topological polar surface area (TPSA) is 91.6 Å². The molecule has 0 aliphatic carbocycles. The standard InChI is InChI=1S/C23H23F2N3O4/c1-12-3-5-14(17(25)7-12)9-26-22(31)16-10-28-18-11-27(15(8-24)6-4-13(18)2)23(32)19(28)21(30)20(16)29/h3-7,10,13,15,18,30H,8-9,11H2,1-2H3,(H,26,31)/t13-,15-,18-/m1/s1. The van der Waals surface area contributed by atoms with Crippen molar-refractivity contribution in [2.75, 3.05) is 13.2 Å². The first-order valence-electron chi connectivity index (χ1n) is 10.3. The van der Waals surface area contributed by atoms with Crippen LogP contribution in [0.15, 0.2) is 41.3 Å². The molecule has 0 spiro atoms. The molecule has 4 rings (SSSR count). The number of aryl methyl sites for hydroxylation is 1. The Bertz CT molecular complexity index is 1190. The Labute approximate surface area is 183 Å². The molecule has 0 radical (unpaired) electrons. The Balaban J connectivity index is 1.70. The van der Waals surface area contributed by atoms with E-state index in [1.807, 2.05) is 6.92 Å². The van der Waals surface area contributed by atoms with Crippen molar-refractivity contribution >= 4 is 11.8 Å². The van der Waals surface area contributed by atoms with Crippen LogP contribution >= 0.6 is 0 Å². The Hall–Kier alpha value is -3.49. The first kappa shape index (κ1) is 21.7. The minimum Gasteiger partial charge on any atom is -0.503 e. The summed E-state index contributed by atoms with van der Waals surface area (Å²) in [7, 11) is 0. The van der Waals surface area contributed by atoms with Crippen molar-refractivity contribution in [2.45, 2.75) is 32.5 Å². The molecular weight excluding hydrogens is 420 g/mol. The third-order valence-electron chi connectivity index (χ3n) is 6.11. The zero-order valence-corrected chi connectivity index (χ0v) is 17.6. The molecule has 0 saturated carbocycles. The molecule has 2 aliphatic heterocycles. The molecule has 2 aromatic rings. The monoisotopic (exact) mass is 443 g/mol. The molecule has 3 atom stereocenters. The van der Waals surface area contributed by atoms with Crippen LogP contribution in [-0.4, -0.2) is 45.6 Å². The molecule has 2 bridgehead atoms. The van der Waals surface area contributed by atoms with E-state index in [1.54, 1.807) is 25.1 Å². The molecule has 2 N–H and O–H groups in total. The van der Waals surface area contributed by atoms with E-state index in [0.717, 1.165) is 5.56 Å². The smallest absolute Gasteiger partial charge is 0.275 e. The second-order valence-corrected chi connectivity index (χ2v) is 8.24. The van der Waals surface area contributed by atoms with E-state index in [2.05, 4.69) is 5.32 Å². The van der Waals surface area contributed by atoms with Crippen molar-refractivity contribution in [1.82, 2.24) is 14.8 Å². The number of hydrogen-bond acceptors (Lipinski definition) is 4. The highest BCUT2D eigenvalue weighted by molar-refractivity contribution is 5.99. The van der Waals surface area contributed by atoms with Gasteiger partial charge in [-0.15, -0.1) is 0 Å². The number of halogens is 2. The Kier molecular flexibility index (Phi) is 5.58. The van der Waals surface area contributed by atoms with E-state index in [9.17, 15) is 28.3 Å². The summed E-state index contributed by atoms with van der Waals surface area (Å²) in [5, 5.41) is 13.1. The van der Waals surface area contributed by atoms with Crippen molar-refractivity contribution in [1.29, 1.82) is 0 Å². The van der Waals surface area contributed by atoms with Crippen LogP contribution in [0.25, 0.3) is 0 Å². The van der Waals surface area contributed by atoms with E-state index in [1.165, 1.54) is 27.8 Å². The van der Waals surface area contributed by atoms with Crippen molar-refractivity contribution in [3.05, 3.63) is 75.0 Å². The maximum Gasteiger partial charge on any atom is 0.275 e. The molecule has 168 valence electrons. The molecule has 32 heavy (non-hydrogen) atoms. The molecular formula is C23H23F2N3O4. The maximum atomic E-state index is 14.1. The average molecular weight is 443 g/mol. The number of hydrogen-bond donors (Lipinski definition) is 2. The van der Waals surface area contributed by atoms with Crippen LogP contribution in [0.2, 0.25) is 0 Å². The normalized spacial score (nSPS) is 21.8. The zero-order valence-electron chi connectivity index (χ0n) is 17.6. The van der Waals surface area contributed by atoms with Gasteiger partial charge < -0.3 is 19.9 Å². The van der Waals surface area contributed by atoms with Crippen molar-refractivity contribution in [3.63, 3.8) is 0 Å². The lowest BCUT2D eigenvalue weighted by Gasteiger charge is -2.38. The minimum atomic E-state index is -1.01. The lowest BCUT2D eigenvalue weighted by Crippen LogP contribution is -2.49. The maximum absolute atomic E-state index is 14.1. The predicted octanol–water partition coefficient (Wildman–Crippen LogP) is 2.47. The molecule has 3 heterocycles. The van der Waals surface area contributed by atoms with Crippen LogP contribution in [0.1, 0.15) is 44.9 Å². The highest BCUT2D eigenvalue weighted by atomic mass is 19.1. The zero-order chi connectivity index (χ0) is 23.2. The van der Waals surface area contributed by atoms with Crippen molar-refractivity contribution < 1.29 is 23.5 Å². The molecule has 0 saturated heterocycles.